The highest BCUT2D eigenvalue weighted by atomic mass is 16.1. The van der Waals surface area contributed by atoms with Gasteiger partial charge in [-0.05, 0) is 44.9 Å². The van der Waals surface area contributed by atoms with Gasteiger partial charge in [0, 0.05) is 30.7 Å². The summed E-state index contributed by atoms with van der Waals surface area (Å²) in [5.74, 6) is 0.696. The van der Waals surface area contributed by atoms with Gasteiger partial charge < -0.3 is 10.2 Å². The molecule has 1 saturated heterocycles. The molecule has 0 bridgehead atoms. The minimum Gasteiger partial charge on any atom is -0.340 e. The largest absolute Gasteiger partial charge is 0.340 e. The Bertz CT molecular complexity index is 668. The normalized spacial score (nSPS) is 17.8. The van der Waals surface area contributed by atoms with E-state index in [1.54, 1.807) is 12.4 Å². The zero-order valence-electron chi connectivity index (χ0n) is 13.5. The summed E-state index contributed by atoms with van der Waals surface area (Å²) in [6.45, 7) is 5.47. The van der Waals surface area contributed by atoms with Crippen molar-refractivity contribution in [2.24, 2.45) is 5.92 Å². The Kier molecular flexibility index (Phi) is 4.50. The first kappa shape index (κ1) is 15.4. The molecule has 1 aliphatic rings. The molecule has 23 heavy (non-hydrogen) atoms. The Morgan fingerprint density at radius 1 is 1.30 bits per heavy atom. The molecule has 120 valence electrons. The van der Waals surface area contributed by atoms with Crippen LogP contribution < -0.4 is 10.2 Å². The maximum absolute atomic E-state index is 12.5. The molecule has 6 nitrogen and oxygen atoms in total. The van der Waals surface area contributed by atoms with Crippen LogP contribution in [0, 0.1) is 19.8 Å². The average Bonchev–Trinajstić information content (AvgIpc) is 2.55. The Hall–Kier alpha value is -2.50. The lowest BCUT2D eigenvalue weighted by Gasteiger charge is -2.32. The number of piperidine rings is 1. The number of anilines is 2. The van der Waals surface area contributed by atoms with Crippen LogP contribution in [0.4, 0.5) is 11.6 Å². The molecule has 2 aromatic rings. The van der Waals surface area contributed by atoms with Crippen LogP contribution in [-0.4, -0.2) is 33.9 Å². The van der Waals surface area contributed by atoms with Gasteiger partial charge in [0.15, 0.2) is 0 Å². The number of carbonyl (C=O) groups excluding carboxylic acids is 1. The van der Waals surface area contributed by atoms with Crippen LogP contribution in [0.1, 0.15) is 24.2 Å². The van der Waals surface area contributed by atoms with E-state index in [0.29, 0.717) is 6.54 Å². The van der Waals surface area contributed by atoms with Crippen LogP contribution in [0.5, 0.6) is 0 Å². The van der Waals surface area contributed by atoms with Crippen molar-refractivity contribution in [2.45, 2.75) is 26.7 Å². The lowest BCUT2D eigenvalue weighted by Crippen LogP contribution is -2.41. The lowest BCUT2D eigenvalue weighted by molar-refractivity contribution is -0.120. The first-order valence-corrected chi connectivity index (χ1v) is 7.90. The van der Waals surface area contributed by atoms with E-state index in [-0.39, 0.29) is 11.8 Å². The molecule has 1 amide bonds. The van der Waals surface area contributed by atoms with Gasteiger partial charge >= 0.3 is 0 Å². The summed E-state index contributed by atoms with van der Waals surface area (Å²) in [5, 5.41) is 2.94. The third-order valence-electron chi connectivity index (χ3n) is 3.97. The van der Waals surface area contributed by atoms with Crippen molar-refractivity contribution >= 4 is 17.5 Å². The summed E-state index contributed by atoms with van der Waals surface area (Å²) < 4.78 is 0. The number of nitrogens with one attached hydrogen (secondary N) is 1. The number of nitrogens with zero attached hydrogens (tertiary/aromatic N) is 4. The molecule has 0 spiro atoms. The van der Waals surface area contributed by atoms with Crippen LogP contribution in [0.3, 0.4) is 0 Å². The summed E-state index contributed by atoms with van der Waals surface area (Å²) in [5.41, 5.74) is 2.64. The second-order valence-corrected chi connectivity index (χ2v) is 5.97. The second kappa shape index (κ2) is 6.73. The fraction of sp³-hybridized carbons (Fsp3) is 0.412. The van der Waals surface area contributed by atoms with E-state index >= 15 is 0 Å². The van der Waals surface area contributed by atoms with Crippen molar-refractivity contribution in [3.8, 4) is 0 Å². The zero-order chi connectivity index (χ0) is 16.2. The maximum Gasteiger partial charge on any atom is 0.229 e. The molecule has 0 radical (unpaired) electrons. The first-order chi connectivity index (χ1) is 11.1. The molecule has 2 aromatic heterocycles. The third kappa shape index (κ3) is 3.83. The molecule has 6 heteroatoms. The Morgan fingerprint density at radius 2 is 2.09 bits per heavy atom. The summed E-state index contributed by atoms with van der Waals surface area (Å²) in [7, 11) is 0. The number of hydrogen-bond acceptors (Lipinski definition) is 5. The molecule has 0 saturated carbocycles. The van der Waals surface area contributed by atoms with Crippen molar-refractivity contribution in [2.75, 3.05) is 23.3 Å². The molecule has 1 fully saturated rings. The topological polar surface area (TPSA) is 71.0 Å². The predicted octanol–water partition coefficient (Wildman–Crippen LogP) is 2.34. The first-order valence-electron chi connectivity index (χ1n) is 7.90. The smallest absolute Gasteiger partial charge is 0.229 e. The van der Waals surface area contributed by atoms with Crippen LogP contribution in [0.25, 0.3) is 0 Å². The highest BCUT2D eigenvalue weighted by Gasteiger charge is 2.27. The van der Waals surface area contributed by atoms with Crippen molar-refractivity contribution in [3.05, 3.63) is 42.0 Å². The number of aryl methyl sites for hydroxylation is 2. The number of aromatic nitrogens is 3. The third-order valence-corrected chi connectivity index (χ3v) is 3.97. The Labute approximate surface area is 136 Å². The van der Waals surface area contributed by atoms with Crippen LogP contribution >= 0.6 is 0 Å². The SMILES string of the molecule is Cc1cc(C)nc(N2CCCC(C(=O)Nc3cccnc3)C2)n1. The maximum atomic E-state index is 12.5. The molecule has 1 N–H and O–H groups in total. The molecule has 0 aliphatic carbocycles. The van der Waals surface area contributed by atoms with E-state index in [4.69, 9.17) is 0 Å². The van der Waals surface area contributed by atoms with Crippen molar-refractivity contribution in [1.29, 1.82) is 0 Å². The van der Waals surface area contributed by atoms with Gasteiger partial charge in [0.05, 0.1) is 17.8 Å². The van der Waals surface area contributed by atoms with Gasteiger partial charge in [-0.3, -0.25) is 9.78 Å². The monoisotopic (exact) mass is 311 g/mol. The lowest BCUT2D eigenvalue weighted by atomic mass is 9.97. The van der Waals surface area contributed by atoms with Crippen molar-refractivity contribution in [1.82, 2.24) is 15.0 Å². The van der Waals surface area contributed by atoms with E-state index in [1.807, 2.05) is 32.0 Å². The summed E-state index contributed by atoms with van der Waals surface area (Å²) >= 11 is 0. The Balaban J connectivity index is 1.69. The minimum absolute atomic E-state index is 0.0343. The van der Waals surface area contributed by atoms with Crippen molar-refractivity contribution < 1.29 is 4.79 Å². The van der Waals surface area contributed by atoms with Gasteiger partial charge in [-0.25, -0.2) is 9.97 Å². The number of pyridine rings is 1. The van der Waals surface area contributed by atoms with Gasteiger partial charge in [0.25, 0.3) is 0 Å². The standard InChI is InChI=1S/C17H21N5O/c1-12-9-13(2)20-17(19-12)22-8-4-5-14(11-22)16(23)21-15-6-3-7-18-10-15/h3,6-7,9-10,14H,4-5,8,11H2,1-2H3,(H,21,23). The minimum atomic E-state index is -0.0617. The molecule has 1 atom stereocenters. The van der Waals surface area contributed by atoms with E-state index < -0.39 is 0 Å². The highest BCUT2D eigenvalue weighted by Crippen LogP contribution is 2.22. The van der Waals surface area contributed by atoms with E-state index in [1.165, 1.54) is 0 Å². The zero-order valence-corrected chi connectivity index (χ0v) is 13.5. The van der Waals surface area contributed by atoms with Gasteiger partial charge in [-0.1, -0.05) is 0 Å². The average molecular weight is 311 g/mol. The molecule has 1 aliphatic heterocycles. The second-order valence-electron chi connectivity index (χ2n) is 5.97. The van der Waals surface area contributed by atoms with Crippen LogP contribution in [0.2, 0.25) is 0 Å². The van der Waals surface area contributed by atoms with Crippen molar-refractivity contribution in [3.63, 3.8) is 0 Å². The summed E-state index contributed by atoms with van der Waals surface area (Å²) in [4.78, 5) is 27.6. The number of hydrogen-bond donors (Lipinski definition) is 1. The predicted molar refractivity (Wildman–Crippen MR) is 89.3 cm³/mol. The quantitative estimate of drug-likeness (QED) is 0.942. The molecule has 3 rings (SSSR count). The van der Waals surface area contributed by atoms with Crippen LogP contribution in [-0.2, 0) is 4.79 Å². The molecule has 0 aromatic carbocycles. The van der Waals surface area contributed by atoms with Gasteiger partial charge in [-0.15, -0.1) is 0 Å². The fourth-order valence-corrected chi connectivity index (χ4v) is 2.90. The van der Waals surface area contributed by atoms with Gasteiger partial charge in [0.2, 0.25) is 11.9 Å². The van der Waals surface area contributed by atoms with E-state index in [0.717, 1.165) is 42.4 Å². The number of rotatable bonds is 3. The summed E-state index contributed by atoms with van der Waals surface area (Å²) in [6.07, 6.45) is 5.19. The van der Waals surface area contributed by atoms with E-state index in [2.05, 4.69) is 25.2 Å². The molecule has 1 unspecified atom stereocenters. The van der Waals surface area contributed by atoms with E-state index in [9.17, 15) is 4.79 Å². The fourth-order valence-electron chi connectivity index (χ4n) is 2.90. The van der Waals surface area contributed by atoms with Gasteiger partial charge in [0.1, 0.15) is 0 Å². The highest BCUT2D eigenvalue weighted by molar-refractivity contribution is 5.92. The number of carbonyl (C=O) groups is 1. The number of amides is 1. The van der Waals surface area contributed by atoms with Crippen LogP contribution in [0.15, 0.2) is 30.6 Å². The molecule has 3 heterocycles. The molecular formula is C17H21N5O. The van der Waals surface area contributed by atoms with Gasteiger partial charge in [-0.2, -0.15) is 0 Å². The molecular weight excluding hydrogens is 290 g/mol. The Morgan fingerprint density at radius 3 is 2.78 bits per heavy atom. The summed E-state index contributed by atoms with van der Waals surface area (Å²) in [6, 6.07) is 5.62.